The quantitative estimate of drug-likeness (QED) is 0.564. The topological polar surface area (TPSA) is 87.2 Å². The number of sulfonamides is 1. The molecule has 2 aromatic carbocycles. The van der Waals surface area contributed by atoms with Gasteiger partial charge in [0.1, 0.15) is 6.04 Å². The Morgan fingerprint density at radius 2 is 1.62 bits per heavy atom. The van der Waals surface area contributed by atoms with Crippen LogP contribution in [0.5, 0.6) is 0 Å². The molecule has 32 heavy (non-hydrogen) atoms. The fourth-order valence-electron chi connectivity index (χ4n) is 3.27. The van der Waals surface area contributed by atoms with Crippen molar-refractivity contribution in [2.75, 3.05) is 39.4 Å². The van der Waals surface area contributed by atoms with Crippen LogP contribution in [0.25, 0.3) is 0 Å². The first-order valence-electron chi connectivity index (χ1n) is 10.2. The van der Waals surface area contributed by atoms with E-state index < -0.39 is 22.0 Å². The second kappa shape index (κ2) is 12.0. The third-order valence-corrected chi connectivity index (χ3v) is 8.22. The largest absolute Gasteiger partial charge is 0.480 e. The van der Waals surface area contributed by atoms with Crippen molar-refractivity contribution >= 4 is 40.2 Å². The number of aliphatic carboxylic acids is 1. The summed E-state index contributed by atoms with van der Waals surface area (Å²) in [6.45, 7) is 6.61. The van der Waals surface area contributed by atoms with E-state index in [0.717, 1.165) is 14.1 Å². The molecule has 3 rings (SSSR count). The number of halogens is 1. The van der Waals surface area contributed by atoms with Gasteiger partial charge >= 0.3 is 5.97 Å². The number of hydrogen-bond acceptors (Lipinski definition) is 6. The Hall–Kier alpha value is -1.62. The summed E-state index contributed by atoms with van der Waals surface area (Å²) in [6.07, 6.45) is 0. The van der Waals surface area contributed by atoms with Gasteiger partial charge < -0.3 is 9.84 Å². The minimum absolute atomic E-state index is 0. The molecule has 1 heterocycles. The van der Waals surface area contributed by atoms with Crippen LogP contribution in [-0.2, 0) is 19.6 Å². The van der Waals surface area contributed by atoms with E-state index in [-0.39, 0.29) is 23.8 Å². The van der Waals surface area contributed by atoms with Crippen molar-refractivity contribution in [3.8, 4) is 0 Å². The molecule has 176 valence electrons. The summed E-state index contributed by atoms with van der Waals surface area (Å²) in [7, 11) is -3.96. The van der Waals surface area contributed by atoms with Crippen molar-refractivity contribution in [1.82, 2.24) is 9.21 Å². The normalized spacial score (nSPS) is 15.8. The number of benzene rings is 2. The summed E-state index contributed by atoms with van der Waals surface area (Å²) in [5.74, 6) is -1.17. The highest BCUT2D eigenvalue weighted by Crippen LogP contribution is 2.29. The second-order valence-electron chi connectivity index (χ2n) is 7.47. The van der Waals surface area contributed by atoms with Crippen molar-refractivity contribution in [1.29, 1.82) is 0 Å². The second-order valence-corrected chi connectivity index (χ2v) is 10.5. The lowest BCUT2D eigenvalue weighted by atomic mass is 10.2. The highest BCUT2D eigenvalue weighted by atomic mass is 35.5. The van der Waals surface area contributed by atoms with Crippen LogP contribution in [0, 0.1) is 6.92 Å². The van der Waals surface area contributed by atoms with Crippen molar-refractivity contribution in [3.05, 3.63) is 54.1 Å². The molecule has 1 aliphatic rings. The number of rotatable bonds is 9. The SMILES string of the molecule is Cc1ccc(Sc2ccc(S(=O)(=O)N(CCN3CCOCC3)[C@H](C)C(=O)O)cc2)cc1.Cl. The maximum atomic E-state index is 13.3. The van der Waals surface area contributed by atoms with Gasteiger partial charge in [0.15, 0.2) is 0 Å². The minimum atomic E-state index is -3.96. The van der Waals surface area contributed by atoms with E-state index in [1.54, 1.807) is 36.0 Å². The van der Waals surface area contributed by atoms with Crippen LogP contribution in [-0.4, -0.2) is 74.1 Å². The smallest absolute Gasteiger partial charge is 0.321 e. The molecule has 1 saturated heterocycles. The zero-order valence-corrected chi connectivity index (χ0v) is 20.6. The van der Waals surface area contributed by atoms with E-state index in [4.69, 9.17) is 4.74 Å². The van der Waals surface area contributed by atoms with Gasteiger partial charge in [-0.15, -0.1) is 12.4 Å². The van der Waals surface area contributed by atoms with Crippen LogP contribution in [0.15, 0.2) is 63.2 Å². The number of ether oxygens (including phenoxy) is 1. The predicted octanol–water partition coefficient (Wildman–Crippen LogP) is 3.36. The fraction of sp³-hybridized carbons (Fsp3) is 0.409. The summed E-state index contributed by atoms with van der Waals surface area (Å²) >= 11 is 1.54. The molecule has 0 radical (unpaired) electrons. The molecule has 1 fully saturated rings. The summed E-state index contributed by atoms with van der Waals surface area (Å²) in [5, 5.41) is 9.48. The maximum Gasteiger partial charge on any atom is 0.321 e. The Labute approximate surface area is 200 Å². The molecule has 10 heteroatoms. The summed E-state index contributed by atoms with van der Waals surface area (Å²) < 4.78 is 32.9. The van der Waals surface area contributed by atoms with Crippen molar-refractivity contribution in [3.63, 3.8) is 0 Å². The van der Waals surface area contributed by atoms with Gasteiger partial charge in [-0.25, -0.2) is 8.42 Å². The van der Waals surface area contributed by atoms with E-state index in [1.165, 1.54) is 12.5 Å². The van der Waals surface area contributed by atoms with Gasteiger partial charge in [-0.05, 0) is 50.2 Å². The van der Waals surface area contributed by atoms with E-state index in [0.29, 0.717) is 32.8 Å². The monoisotopic (exact) mass is 500 g/mol. The average Bonchev–Trinajstić information content (AvgIpc) is 2.76. The molecular formula is C22H29ClN2O5S2. The lowest BCUT2D eigenvalue weighted by Crippen LogP contribution is -2.48. The molecule has 2 aromatic rings. The molecule has 1 N–H and O–H groups in total. The van der Waals surface area contributed by atoms with Crippen molar-refractivity contribution in [2.24, 2.45) is 0 Å². The van der Waals surface area contributed by atoms with E-state index in [9.17, 15) is 18.3 Å². The van der Waals surface area contributed by atoms with Crippen molar-refractivity contribution in [2.45, 2.75) is 34.6 Å². The van der Waals surface area contributed by atoms with Gasteiger partial charge in [-0.2, -0.15) is 4.31 Å². The van der Waals surface area contributed by atoms with Gasteiger partial charge in [0.2, 0.25) is 10.0 Å². The number of nitrogens with zero attached hydrogens (tertiary/aromatic N) is 2. The molecular weight excluding hydrogens is 472 g/mol. The van der Waals surface area contributed by atoms with E-state index in [2.05, 4.69) is 4.90 Å². The Bertz CT molecular complexity index is 978. The van der Waals surface area contributed by atoms with Gasteiger partial charge in [-0.1, -0.05) is 29.5 Å². The zero-order chi connectivity index (χ0) is 22.4. The van der Waals surface area contributed by atoms with E-state index in [1.807, 2.05) is 31.2 Å². The first-order valence-corrected chi connectivity index (χ1v) is 12.4. The Balaban J connectivity index is 0.00000363. The molecule has 0 saturated carbocycles. The number of carboxylic acids is 1. The standard InChI is InChI=1S/C22H28N2O5S2.ClH/c1-17-3-5-19(6-4-17)30-20-7-9-21(10-8-20)31(27,28)24(18(2)22(25)26)12-11-23-13-15-29-16-14-23;/h3-10,18H,11-16H2,1-2H3,(H,25,26);1H/t18-;/m1./s1. The van der Waals surface area contributed by atoms with Crippen LogP contribution in [0.1, 0.15) is 12.5 Å². The fourth-order valence-corrected chi connectivity index (χ4v) is 5.66. The van der Waals surface area contributed by atoms with Crippen molar-refractivity contribution < 1.29 is 23.1 Å². The number of aryl methyl sites for hydroxylation is 1. The third-order valence-electron chi connectivity index (χ3n) is 5.22. The third kappa shape index (κ3) is 6.94. The Morgan fingerprint density at radius 3 is 2.16 bits per heavy atom. The van der Waals surface area contributed by atoms with Crippen LogP contribution in [0.2, 0.25) is 0 Å². The molecule has 7 nitrogen and oxygen atoms in total. The molecule has 1 aliphatic heterocycles. The zero-order valence-electron chi connectivity index (χ0n) is 18.1. The maximum absolute atomic E-state index is 13.3. The lowest BCUT2D eigenvalue weighted by molar-refractivity contribution is -0.141. The predicted molar refractivity (Wildman–Crippen MR) is 127 cm³/mol. The number of carboxylic acid groups (broad SMARTS) is 1. The summed E-state index contributed by atoms with van der Waals surface area (Å²) in [6, 6.07) is 13.5. The van der Waals surface area contributed by atoms with Gasteiger partial charge in [0.05, 0.1) is 18.1 Å². The Morgan fingerprint density at radius 1 is 1.09 bits per heavy atom. The Kier molecular flexibility index (Phi) is 10.00. The van der Waals surface area contributed by atoms with Gasteiger partial charge in [-0.3, -0.25) is 9.69 Å². The molecule has 0 unspecified atom stereocenters. The summed E-state index contributed by atoms with van der Waals surface area (Å²) in [4.78, 5) is 15.8. The summed E-state index contributed by atoms with van der Waals surface area (Å²) in [5.41, 5.74) is 1.18. The molecule has 0 aliphatic carbocycles. The lowest BCUT2D eigenvalue weighted by Gasteiger charge is -2.31. The van der Waals surface area contributed by atoms with Crippen LogP contribution < -0.4 is 0 Å². The highest BCUT2D eigenvalue weighted by Gasteiger charge is 2.33. The first kappa shape index (κ1) is 26.6. The highest BCUT2D eigenvalue weighted by molar-refractivity contribution is 7.99. The first-order chi connectivity index (χ1) is 14.8. The average molecular weight is 501 g/mol. The van der Waals surface area contributed by atoms with Gasteiger partial charge in [0.25, 0.3) is 0 Å². The minimum Gasteiger partial charge on any atom is -0.480 e. The number of carbonyl (C=O) groups is 1. The number of hydrogen-bond donors (Lipinski definition) is 1. The van der Waals surface area contributed by atoms with Crippen LogP contribution in [0.3, 0.4) is 0 Å². The molecule has 0 aromatic heterocycles. The molecule has 0 amide bonds. The molecule has 1 atom stereocenters. The number of morpholine rings is 1. The van der Waals surface area contributed by atoms with Gasteiger partial charge in [0, 0.05) is 36.0 Å². The molecule has 0 spiro atoms. The molecule has 0 bridgehead atoms. The van der Waals surface area contributed by atoms with Crippen LogP contribution >= 0.6 is 24.2 Å². The van der Waals surface area contributed by atoms with E-state index >= 15 is 0 Å². The van der Waals surface area contributed by atoms with Crippen LogP contribution in [0.4, 0.5) is 0 Å².